The lowest BCUT2D eigenvalue weighted by atomic mass is 10.2. The van der Waals surface area contributed by atoms with Crippen molar-refractivity contribution in [2.45, 2.75) is 0 Å². The van der Waals surface area contributed by atoms with Crippen LogP contribution in [0.2, 0.25) is 5.02 Å². The molecular weight excluding hydrogens is 395 g/mol. The Bertz CT molecular complexity index is 623. The number of carbonyl (C=O) groups is 1. The van der Waals surface area contributed by atoms with Crippen molar-refractivity contribution >= 4 is 60.7 Å². The first-order chi connectivity index (χ1) is 8.97. The summed E-state index contributed by atoms with van der Waals surface area (Å²) in [5.41, 5.74) is 7.36. The first-order valence-corrected chi connectivity index (χ1v) is 7.25. The van der Waals surface area contributed by atoms with Crippen molar-refractivity contribution in [3.8, 4) is 0 Å². The lowest BCUT2D eigenvalue weighted by molar-refractivity contribution is 0.102. The second-order valence-corrected chi connectivity index (χ2v) is 6.02. The second kappa shape index (κ2) is 5.94. The van der Waals surface area contributed by atoms with Crippen LogP contribution in [-0.2, 0) is 0 Å². The van der Waals surface area contributed by atoms with Gasteiger partial charge in [-0.2, -0.15) is 0 Å². The summed E-state index contributed by atoms with van der Waals surface area (Å²) in [5, 5.41) is 3.27. The monoisotopic (exact) mass is 402 g/mol. The summed E-state index contributed by atoms with van der Waals surface area (Å²) in [4.78, 5) is 12.1. The molecule has 0 spiro atoms. The number of hydrogen-bond donors (Lipinski definition) is 2. The fraction of sp³-hybridized carbons (Fsp3) is 0. The van der Waals surface area contributed by atoms with Gasteiger partial charge in [0.15, 0.2) is 0 Å². The minimum absolute atomic E-state index is 0.266. The summed E-state index contributed by atoms with van der Waals surface area (Å²) >= 11 is 12.5. The molecule has 0 unspecified atom stereocenters. The summed E-state index contributed by atoms with van der Waals surface area (Å²) in [6, 6.07) is 10.2. The van der Waals surface area contributed by atoms with Crippen LogP contribution in [0.15, 0.2) is 45.3 Å². The molecule has 2 aromatic rings. The van der Waals surface area contributed by atoms with Gasteiger partial charge in [0.2, 0.25) is 0 Å². The molecule has 0 aliphatic rings. The zero-order chi connectivity index (χ0) is 14.0. The van der Waals surface area contributed by atoms with Crippen molar-refractivity contribution in [1.82, 2.24) is 0 Å². The lowest BCUT2D eigenvalue weighted by Crippen LogP contribution is -2.13. The Morgan fingerprint density at radius 2 is 1.95 bits per heavy atom. The van der Waals surface area contributed by atoms with Crippen molar-refractivity contribution in [2.24, 2.45) is 0 Å². The summed E-state index contributed by atoms with van der Waals surface area (Å²) < 4.78 is 1.53. The standard InChI is InChI=1S/C13H9Br2ClN2O/c14-8-5-10(15)12(11(17)6-8)18-13(19)7-2-1-3-9(16)4-7/h1-6H,17H2,(H,18,19). The topological polar surface area (TPSA) is 55.1 Å². The maximum atomic E-state index is 12.1. The smallest absolute Gasteiger partial charge is 0.255 e. The average Bonchev–Trinajstić information content (AvgIpc) is 2.33. The van der Waals surface area contributed by atoms with Crippen LogP contribution in [0.4, 0.5) is 11.4 Å². The lowest BCUT2D eigenvalue weighted by Gasteiger charge is -2.11. The highest BCUT2D eigenvalue weighted by molar-refractivity contribution is 9.11. The zero-order valence-electron chi connectivity index (χ0n) is 9.58. The van der Waals surface area contributed by atoms with Gasteiger partial charge in [-0.15, -0.1) is 0 Å². The molecule has 2 rings (SSSR count). The third kappa shape index (κ3) is 3.49. The summed E-state index contributed by atoms with van der Waals surface area (Å²) in [7, 11) is 0. The fourth-order valence-corrected chi connectivity index (χ4v) is 3.09. The molecule has 0 bridgehead atoms. The van der Waals surface area contributed by atoms with E-state index in [9.17, 15) is 4.79 Å². The van der Waals surface area contributed by atoms with Crippen LogP contribution in [0.25, 0.3) is 0 Å². The van der Waals surface area contributed by atoms with E-state index >= 15 is 0 Å². The van der Waals surface area contributed by atoms with Gasteiger partial charge < -0.3 is 11.1 Å². The molecule has 2 aromatic carbocycles. The minimum atomic E-state index is -0.266. The molecule has 0 saturated heterocycles. The number of nitrogens with two attached hydrogens (primary N) is 1. The van der Waals surface area contributed by atoms with Crippen molar-refractivity contribution in [2.75, 3.05) is 11.1 Å². The van der Waals surface area contributed by atoms with E-state index in [2.05, 4.69) is 37.2 Å². The Balaban J connectivity index is 2.29. The molecule has 19 heavy (non-hydrogen) atoms. The van der Waals surface area contributed by atoms with Gasteiger partial charge in [0.25, 0.3) is 5.91 Å². The molecule has 0 saturated carbocycles. The summed E-state index contributed by atoms with van der Waals surface area (Å²) in [6.45, 7) is 0. The number of carbonyl (C=O) groups excluding carboxylic acids is 1. The number of nitrogen functional groups attached to an aromatic ring is 1. The van der Waals surface area contributed by atoms with Crippen LogP contribution in [0.3, 0.4) is 0 Å². The van der Waals surface area contributed by atoms with Crippen LogP contribution < -0.4 is 11.1 Å². The van der Waals surface area contributed by atoms with E-state index in [1.165, 1.54) is 0 Å². The number of rotatable bonds is 2. The van der Waals surface area contributed by atoms with Crippen LogP contribution in [0.1, 0.15) is 10.4 Å². The zero-order valence-corrected chi connectivity index (χ0v) is 13.5. The van der Waals surface area contributed by atoms with E-state index in [1.54, 1.807) is 30.3 Å². The summed E-state index contributed by atoms with van der Waals surface area (Å²) in [5.74, 6) is -0.266. The maximum Gasteiger partial charge on any atom is 0.255 e. The predicted molar refractivity (Wildman–Crippen MR) is 85.7 cm³/mol. The normalized spacial score (nSPS) is 10.3. The van der Waals surface area contributed by atoms with Gasteiger partial charge in [-0.25, -0.2) is 0 Å². The van der Waals surface area contributed by atoms with Crippen molar-refractivity contribution in [3.63, 3.8) is 0 Å². The number of benzene rings is 2. The van der Waals surface area contributed by atoms with Crippen LogP contribution >= 0.6 is 43.5 Å². The van der Waals surface area contributed by atoms with E-state index in [0.29, 0.717) is 26.4 Å². The maximum absolute atomic E-state index is 12.1. The molecule has 3 nitrogen and oxygen atoms in total. The van der Waals surface area contributed by atoms with E-state index < -0.39 is 0 Å². The largest absolute Gasteiger partial charge is 0.397 e. The van der Waals surface area contributed by atoms with E-state index in [0.717, 1.165) is 4.47 Å². The number of amides is 1. The first kappa shape index (κ1) is 14.4. The van der Waals surface area contributed by atoms with Crippen molar-refractivity contribution in [1.29, 1.82) is 0 Å². The molecule has 1 amide bonds. The average molecular weight is 404 g/mol. The summed E-state index contributed by atoms with van der Waals surface area (Å²) in [6.07, 6.45) is 0. The highest BCUT2D eigenvalue weighted by Gasteiger charge is 2.12. The highest BCUT2D eigenvalue weighted by Crippen LogP contribution is 2.32. The van der Waals surface area contributed by atoms with Crippen molar-refractivity contribution in [3.05, 3.63) is 55.9 Å². The molecule has 0 radical (unpaired) electrons. The first-order valence-electron chi connectivity index (χ1n) is 5.29. The molecule has 0 fully saturated rings. The Hall–Kier alpha value is -1.04. The van der Waals surface area contributed by atoms with Crippen molar-refractivity contribution < 1.29 is 4.79 Å². The highest BCUT2D eigenvalue weighted by atomic mass is 79.9. The third-order valence-corrected chi connectivity index (χ3v) is 3.73. The van der Waals surface area contributed by atoms with Gasteiger partial charge in [0.1, 0.15) is 0 Å². The molecule has 6 heteroatoms. The number of anilines is 2. The number of hydrogen-bond acceptors (Lipinski definition) is 2. The van der Waals surface area contributed by atoms with Gasteiger partial charge >= 0.3 is 0 Å². The predicted octanol–water partition coefficient (Wildman–Crippen LogP) is 4.70. The van der Waals surface area contributed by atoms with Gasteiger partial charge in [0, 0.05) is 19.5 Å². The molecule has 0 aromatic heterocycles. The fourth-order valence-electron chi connectivity index (χ4n) is 1.54. The SMILES string of the molecule is Nc1cc(Br)cc(Br)c1NC(=O)c1cccc(Cl)c1. The number of nitrogens with one attached hydrogen (secondary N) is 1. The molecule has 0 aliphatic carbocycles. The van der Waals surface area contributed by atoms with E-state index in [-0.39, 0.29) is 5.91 Å². The van der Waals surface area contributed by atoms with E-state index in [4.69, 9.17) is 17.3 Å². The molecule has 0 atom stereocenters. The van der Waals surface area contributed by atoms with Gasteiger partial charge in [0.05, 0.1) is 11.4 Å². The minimum Gasteiger partial charge on any atom is -0.397 e. The quantitative estimate of drug-likeness (QED) is 0.713. The number of halogens is 3. The Morgan fingerprint density at radius 1 is 1.21 bits per heavy atom. The molecular formula is C13H9Br2ClN2O. The van der Waals surface area contributed by atoms with E-state index in [1.807, 2.05) is 6.07 Å². The molecule has 98 valence electrons. The molecule has 3 N–H and O–H groups in total. The molecule has 0 heterocycles. The van der Waals surface area contributed by atoms with Crippen LogP contribution in [0, 0.1) is 0 Å². The Kier molecular flexibility index (Phi) is 4.50. The third-order valence-electron chi connectivity index (χ3n) is 2.41. The van der Waals surface area contributed by atoms with Gasteiger partial charge in [-0.3, -0.25) is 4.79 Å². The van der Waals surface area contributed by atoms with Crippen LogP contribution in [0.5, 0.6) is 0 Å². The molecule has 0 aliphatic heterocycles. The van der Waals surface area contributed by atoms with Crippen LogP contribution in [-0.4, -0.2) is 5.91 Å². The van der Waals surface area contributed by atoms with Gasteiger partial charge in [-0.1, -0.05) is 33.6 Å². The Labute approximate surface area is 132 Å². The second-order valence-electron chi connectivity index (χ2n) is 3.82. The van der Waals surface area contributed by atoms with Gasteiger partial charge in [-0.05, 0) is 46.3 Å². The Morgan fingerprint density at radius 3 is 2.58 bits per heavy atom.